The van der Waals surface area contributed by atoms with Crippen molar-refractivity contribution in [1.29, 1.82) is 0 Å². The van der Waals surface area contributed by atoms with Gasteiger partial charge in [0.05, 0.1) is 0 Å². The predicted molar refractivity (Wildman–Crippen MR) is 60.9 cm³/mol. The molecular weight excluding hydrogens is 192 g/mol. The van der Waals surface area contributed by atoms with Gasteiger partial charge in [-0.15, -0.1) is 0 Å². The molecule has 0 fully saturated rings. The lowest BCUT2D eigenvalue weighted by atomic mass is 10.2. The Balaban J connectivity index is 2.38. The first-order chi connectivity index (χ1) is 7.25. The van der Waals surface area contributed by atoms with E-state index in [0.29, 0.717) is 5.82 Å². The van der Waals surface area contributed by atoms with Gasteiger partial charge in [0.2, 0.25) is 0 Å². The highest BCUT2D eigenvalue weighted by molar-refractivity contribution is 5.30. The molecule has 15 heavy (non-hydrogen) atoms. The molecule has 1 rings (SSSR count). The van der Waals surface area contributed by atoms with E-state index >= 15 is 0 Å². The highest BCUT2D eigenvalue weighted by Crippen LogP contribution is 1.96. The van der Waals surface area contributed by atoms with Crippen LogP contribution in [0.25, 0.3) is 0 Å². The quantitative estimate of drug-likeness (QED) is 0.663. The van der Waals surface area contributed by atoms with Crippen molar-refractivity contribution in [3.8, 4) is 0 Å². The van der Waals surface area contributed by atoms with E-state index in [-0.39, 0.29) is 5.56 Å². The van der Waals surface area contributed by atoms with Gasteiger partial charge in [0, 0.05) is 26.0 Å². The Hall–Kier alpha value is -1.36. The largest absolute Gasteiger partial charge is 0.365 e. The summed E-state index contributed by atoms with van der Waals surface area (Å²) in [7, 11) is 1.71. The lowest BCUT2D eigenvalue weighted by Crippen LogP contribution is -2.22. The summed E-state index contributed by atoms with van der Waals surface area (Å²) in [5.41, 5.74) is 5.29. The van der Waals surface area contributed by atoms with Crippen LogP contribution in [0.15, 0.2) is 17.2 Å². The Morgan fingerprint density at radius 1 is 1.47 bits per heavy atom. The van der Waals surface area contributed by atoms with Gasteiger partial charge in [0.25, 0.3) is 5.56 Å². The number of nitrogens with zero attached hydrogens (tertiary/aromatic N) is 2. The maximum Gasteiger partial charge on any atom is 0.293 e. The number of hydrogen-bond donors (Lipinski definition) is 2. The van der Waals surface area contributed by atoms with E-state index in [1.807, 2.05) is 0 Å². The van der Waals surface area contributed by atoms with Crippen molar-refractivity contribution in [1.82, 2.24) is 9.55 Å². The Morgan fingerprint density at radius 3 is 3.00 bits per heavy atom. The van der Waals surface area contributed by atoms with Gasteiger partial charge in [-0.3, -0.25) is 4.79 Å². The Labute approximate surface area is 89.3 Å². The van der Waals surface area contributed by atoms with Crippen LogP contribution in [0, 0.1) is 0 Å². The van der Waals surface area contributed by atoms with Crippen molar-refractivity contribution in [2.75, 3.05) is 18.4 Å². The van der Waals surface area contributed by atoms with Gasteiger partial charge in [-0.1, -0.05) is 6.42 Å². The van der Waals surface area contributed by atoms with Gasteiger partial charge >= 0.3 is 0 Å². The van der Waals surface area contributed by atoms with Crippen molar-refractivity contribution >= 4 is 5.82 Å². The average Bonchev–Trinajstić information content (AvgIpc) is 2.24. The zero-order valence-electron chi connectivity index (χ0n) is 9.07. The molecule has 0 aliphatic carbocycles. The minimum absolute atomic E-state index is 0.0867. The van der Waals surface area contributed by atoms with Crippen LogP contribution in [0.5, 0.6) is 0 Å². The number of anilines is 1. The second-order valence-electron chi connectivity index (χ2n) is 3.47. The first-order valence-corrected chi connectivity index (χ1v) is 5.21. The van der Waals surface area contributed by atoms with Gasteiger partial charge in [0.15, 0.2) is 5.82 Å². The van der Waals surface area contributed by atoms with Gasteiger partial charge in [-0.05, 0) is 19.4 Å². The molecule has 0 aliphatic rings. The normalized spacial score (nSPS) is 10.3. The van der Waals surface area contributed by atoms with Crippen molar-refractivity contribution in [2.24, 2.45) is 12.8 Å². The fourth-order valence-corrected chi connectivity index (χ4v) is 1.27. The number of rotatable bonds is 6. The van der Waals surface area contributed by atoms with E-state index in [9.17, 15) is 4.79 Å². The molecule has 0 aromatic carbocycles. The molecule has 1 heterocycles. The molecule has 0 spiro atoms. The van der Waals surface area contributed by atoms with Crippen LogP contribution in [-0.4, -0.2) is 22.6 Å². The molecule has 5 heteroatoms. The molecule has 0 saturated carbocycles. The first-order valence-electron chi connectivity index (χ1n) is 5.21. The molecule has 0 bridgehead atoms. The maximum atomic E-state index is 11.5. The highest BCUT2D eigenvalue weighted by Gasteiger charge is 2.00. The monoisotopic (exact) mass is 210 g/mol. The van der Waals surface area contributed by atoms with Crippen LogP contribution in [0.3, 0.4) is 0 Å². The van der Waals surface area contributed by atoms with Crippen LogP contribution in [0.1, 0.15) is 19.3 Å². The number of aromatic nitrogens is 2. The van der Waals surface area contributed by atoms with E-state index in [1.54, 1.807) is 19.4 Å². The van der Waals surface area contributed by atoms with E-state index in [2.05, 4.69) is 10.3 Å². The molecule has 0 amide bonds. The second-order valence-corrected chi connectivity index (χ2v) is 3.47. The molecule has 0 aliphatic heterocycles. The van der Waals surface area contributed by atoms with Crippen molar-refractivity contribution in [3.63, 3.8) is 0 Å². The van der Waals surface area contributed by atoms with Gasteiger partial charge in [-0.2, -0.15) is 0 Å². The van der Waals surface area contributed by atoms with Crippen molar-refractivity contribution < 1.29 is 0 Å². The molecule has 0 unspecified atom stereocenters. The molecule has 84 valence electrons. The number of nitrogens with one attached hydrogen (secondary N) is 1. The standard InChI is InChI=1S/C10H18N4O/c1-14-8-7-13-9(10(14)15)12-6-4-2-3-5-11/h7-8H,2-6,11H2,1H3,(H,12,13). The van der Waals surface area contributed by atoms with E-state index < -0.39 is 0 Å². The number of nitrogens with two attached hydrogens (primary N) is 1. The highest BCUT2D eigenvalue weighted by atomic mass is 16.1. The van der Waals surface area contributed by atoms with Gasteiger partial charge in [0.1, 0.15) is 0 Å². The minimum Gasteiger partial charge on any atom is -0.365 e. The molecule has 0 radical (unpaired) electrons. The lowest BCUT2D eigenvalue weighted by Gasteiger charge is -2.05. The third kappa shape index (κ3) is 3.71. The Morgan fingerprint density at radius 2 is 2.27 bits per heavy atom. The van der Waals surface area contributed by atoms with Crippen LogP contribution in [-0.2, 0) is 7.05 Å². The fourth-order valence-electron chi connectivity index (χ4n) is 1.27. The van der Waals surface area contributed by atoms with E-state index in [1.165, 1.54) is 4.57 Å². The molecular formula is C10H18N4O. The molecule has 1 aromatic rings. The molecule has 5 nitrogen and oxygen atoms in total. The first kappa shape index (κ1) is 11.7. The summed E-state index contributed by atoms with van der Waals surface area (Å²) >= 11 is 0. The van der Waals surface area contributed by atoms with Gasteiger partial charge in [-0.25, -0.2) is 4.98 Å². The van der Waals surface area contributed by atoms with Crippen molar-refractivity contribution in [2.45, 2.75) is 19.3 Å². The van der Waals surface area contributed by atoms with E-state index in [4.69, 9.17) is 5.73 Å². The summed E-state index contributed by atoms with van der Waals surface area (Å²) in [6.45, 7) is 1.50. The minimum atomic E-state index is -0.0867. The Kier molecular flexibility index (Phi) is 4.83. The van der Waals surface area contributed by atoms with Gasteiger partial charge < -0.3 is 15.6 Å². The summed E-state index contributed by atoms with van der Waals surface area (Å²) < 4.78 is 1.51. The van der Waals surface area contributed by atoms with Crippen LogP contribution < -0.4 is 16.6 Å². The topological polar surface area (TPSA) is 72.9 Å². The zero-order chi connectivity index (χ0) is 11.1. The maximum absolute atomic E-state index is 11.5. The third-order valence-corrected chi connectivity index (χ3v) is 2.19. The zero-order valence-corrected chi connectivity index (χ0v) is 9.07. The summed E-state index contributed by atoms with van der Waals surface area (Å²) in [4.78, 5) is 15.5. The predicted octanol–water partition coefficient (Wildman–Crippen LogP) is 0.321. The Bertz CT molecular complexity index is 348. The summed E-state index contributed by atoms with van der Waals surface area (Å²) in [5.74, 6) is 0.424. The molecule has 1 aromatic heterocycles. The molecule has 0 saturated heterocycles. The number of unbranched alkanes of at least 4 members (excludes halogenated alkanes) is 2. The summed E-state index contributed by atoms with van der Waals surface area (Å²) in [6.07, 6.45) is 6.38. The smallest absolute Gasteiger partial charge is 0.293 e. The van der Waals surface area contributed by atoms with Crippen LogP contribution in [0.2, 0.25) is 0 Å². The summed E-state index contributed by atoms with van der Waals surface area (Å²) in [5, 5.41) is 3.03. The second kappa shape index (κ2) is 6.19. The molecule has 0 atom stereocenters. The third-order valence-electron chi connectivity index (χ3n) is 2.19. The van der Waals surface area contributed by atoms with E-state index in [0.717, 1.165) is 32.4 Å². The fraction of sp³-hybridized carbons (Fsp3) is 0.600. The summed E-state index contributed by atoms with van der Waals surface area (Å²) in [6, 6.07) is 0. The van der Waals surface area contributed by atoms with Crippen molar-refractivity contribution in [3.05, 3.63) is 22.7 Å². The number of aryl methyl sites for hydroxylation is 1. The SMILES string of the molecule is Cn1ccnc(NCCCCCN)c1=O. The lowest BCUT2D eigenvalue weighted by molar-refractivity contribution is 0.704. The number of hydrogen-bond acceptors (Lipinski definition) is 4. The van der Waals surface area contributed by atoms with Crippen LogP contribution in [0.4, 0.5) is 5.82 Å². The average molecular weight is 210 g/mol. The van der Waals surface area contributed by atoms with Crippen LogP contribution >= 0.6 is 0 Å². The molecule has 3 N–H and O–H groups in total.